The van der Waals surface area contributed by atoms with E-state index in [4.69, 9.17) is 10.4 Å². The van der Waals surface area contributed by atoms with Crippen LogP contribution >= 0.6 is 0 Å². The Bertz CT molecular complexity index is 736. The van der Waals surface area contributed by atoms with Crippen LogP contribution in [0.3, 0.4) is 0 Å². The summed E-state index contributed by atoms with van der Waals surface area (Å²) in [6, 6.07) is 12.8. The average molecular weight is 312 g/mol. The summed E-state index contributed by atoms with van der Waals surface area (Å²) >= 11 is 0. The summed E-state index contributed by atoms with van der Waals surface area (Å²) in [5.41, 5.74) is 1.05. The summed E-state index contributed by atoms with van der Waals surface area (Å²) in [6.07, 6.45) is 0.750. The Morgan fingerprint density at radius 3 is 2.26 bits per heavy atom. The number of benzene rings is 2. The highest BCUT2D eigenvalue weighted by molar-refractivity contribution is 5.56. The number of hydrogen-bond acceptors (Lipinski definition) is 6. The van der Waals surface area contributed by atoms with Crippen molar-refractivity contribution in [1.82, 2.24) is 4.90 Å². The molecule has 0 aliphatic carbocycles. The maximum atomic E-state index is 9.52. The minimum Gasteiger partial charge on any atom is -0.508 e. The van der Waals surface area contributed by atoms with Gasteiger partial charge in [-0.25, -0.2) is 0 Å². The molecule has 2 aromatic carbocycles. The minimum absolute atomic E-state index is 0.0520. The fraction of sp³-hybridized carbons (Fsp3) is 0.125. The van der Waals surface area contributed by atoms with E-state index in [1.165, 1.54) is 23.1 Å². The molecule has 0 aliphatic rings. The Morgan fingerprint density at radius 1 is 1.09 bits per heavy atom. The van der Waals surface area contributed by atoms with Crippen molar-refractivity contribution in [1.29, 1.82) is 5.26 Å². The van der Waals surface area contributed by atoms with Gasteiger partial charge in [0.25, 0.3) is 0 Å². The molecule has 0 aliphatic heterocycles. The second-order valence-corrected chi connectivity index (χ2v) is 4.57. The molecule has 1 amide bonds. The van der Waals surface area contributed by atoms with Crippen LogP contribution in [-0.2, 0) is 4.79 Å². The van der Waals surface area contributed by atoms with Gasteiger partial charge in [0.05, 0.1) is 5.56 Å². The molecule has 0 radical (unpaired) electrons. The second kappa shape index (κ2) is 8.79. The first-order chi connectivity index (χ1) is 11.0. The van der Waals surface area contributed by atoms with E-state index in [0.717, 1.165) is 6.41 Å². The van der Waals surface area contributed by atoms with Crippen LogP contribution in [0.15, 0.2) is 52.7 Å². The summed E-state index contributed by atoms with van der Waals surface area (Å²) in [4.78, 5) is 10.9. The van der Waals surface area contributed by atoms with Crippen molar-refractivity contribution in [3.05, 3.63) is 48.0 Å². The lowest BCUT2D eigenvalue weighted by Crippen LogP contribution is -2.06. The number of phenolic OH excluding ortho intramolecular Hbond substituents is 2. The van der Waals surface area contributed by atoms with Crippen molar-refractivity contribution < 1.29 is 15.0 Å². The van der Waals surface area contributed by atoms with Gasteiger partial charge in [0.1, 0.15) is 28.9 Å². The molecule has 2 aromatic rings. The highest BCUT2D eigenvalue weighted by atomic mass is 16.3. The lowest BCUT2D eigenvalue weighted by molar-refractivity contribution is -0.115. The number of nitrogens with zero attached hydrogens (tertiary/aromatic N) is 4. The van der Waals surface area contributed by atoms with Crippen molar-refractivity contribution in [3.63, 3.8) is 0 Å². The Balaban J connectivity index is 0.000000463. The van der Waals surface area contributed by atoms with Crippen molar-refractivity contribution in [3.8, 4) is 17.6 Å². The summed E-state index contributed by atoms with van der Waals surface area (Å²) in [6.45, 7) is 0. The number of azo groups is 1. The third kappa shape index (κ3) is 5.85. The molecule has 0 heterocycles. The van der Waals surface area contributed by atoms with Gasteiger partial charge >= 0.3 is 0 Å². The van der Waals surface area contributed by atoms with Crippen LogP contribution in [-0.4, -0.2) is 35.6 Å². The van der Waals surface area contributed by atoms with Gasteiger partial charge in [0, 0.05) is 20.2 Å². The molecule has 118 valence electrons. The molecular formula is C16H16N4O3. The molecule has 0 saturated carbocycles. The third-order valence-electron chi connectivity index (χ3n) is 2.46. The molecule has 0 bridgehead atoms. The first kappa shape index (κ1) is 17.7. The molecule has 0 atom stereocenters. The predicted molar refractivity (Wildman–Crippen MR) is 84.9 cm³/mol. The van der Waals surface area contributed by atoms with Gasteiger partial charge in [-0.3, -0.25) is 4.79 Å². The zero-order chi connectivity index (χ0) is 17.2. The highest BCUT2D eigenvalue weighted by Gasteiger charge is 2.02. The van der Waals surface area contributed by atoms with Crippen LogP contribution in [0.2, 0.25) is 0 Å². The lowest BCUT2D eigenvalue weighted by atomic mass is 10.2. The summed E-state index contributed by atoms with van der Waals surface area (Å²) in [7, 11) is 3.38. The van der Waals surface area contributed by atoms with Gasteiger partial charge in [-0.05, 0) is 24.3 Å². The summed E-state index contributed by atoms with van der Waals surface area (Å²) in [5.74, 6) is -0.225. The largest absolute Gasteiger partial charge is 0.508 e. The van der Waals surface area contributed by atoms with E-state index >= 15 is 0 Å². The number of phenols is 2. The van der Waals surface area contributed by atoms with Gasteiger partial charge in [-0.1, -0.05) is 12.1 Å². The number of aromatic hydroxyl groups is 2. The fourth-order valence-corrected chi connectivity index (χ4v) is 1.36. The van der Waals surface area contributed by atoms with Crippen LogP contribution in [0.1, 0.15) is 5.56 Å². The van der Waals surface area contributed by atoms with Crippen molar-refractivity contribution >= 4 is 17.8 Å². The Labute approximate surface area is 133 Å². The number of carbonyl (C=O) groups excluding carboxylic acids is 1. The third-order valence-corrected chi connectivity index (χ3v) is 2.46. The van der Waals surface area contributed by atoms with Crippen LogP contribution in [0.4, 0.5) is 11.4 Å². The van der Waals surface area contributed by atoms with Crippen LogP contribution in [0.5, 0.6) is 11.5 Å². The number of amides is 1. The molecule has 2 N–H and O–H groups in total. The summed E-state index contributed by atoms with van der Waals surface area (Å²) in [5, 5.41) is 35.3. The van der Waals surface area contributed by atoms with Crippen molar-refractivity contribution in [2.24, 2.45) is 10.2 Å². The molecule has 7 nitrogen and oxygen atoms in total. The molecule has 0 spiro atoms. The predicted octanol–water partition coefficient (Wildman–Crippen LogP) is 3.09. The molecule has 7 heteroatoms. The van der Waals surface area contributed by atoms with Crippen molar-refractivity contribution in [2.45, 2.75) is 0 Å². The van der Waals surface area contributed by atoms with Crippen molar-refractivity contribution in [2.75, 3.05) is 14.1 Å². The van der Waals surface area contributed by atoms with Gasteiger partial charge in [0.2, 0.25) is 6.41 Å². The minimum atomic E-state index is -0.173. The molecule has 0 aromatic heterocycles. The first-order valence-corrected chi connectivity index (χ1v) is 6.52. The molecule has 0 unspecified atom stereocenters. The fourth-order valence-electron chi connectivity index (χ4n) is 1.36. The Hall–Kier alpha value is -3.40. The zero-order valence-corrected chi connectivity index (χ0v) is 12.7. The van der Waals surface area contributed by atoms with E-state index in [1.54, 1.807) is 38.4 Å². The zero-order valence-electron chi connectivity index (χ0n) is 12.7. The maximum absolute atomic E-state index is 9.52. The van der Waals surface area contributed by atoms with Gasteiger partial charge in [-0.2, -0.15) is 5.26 Å². The average Bonchev–Trinajstić information content (AvgIpc) is 2.55. The van der Waals surface area contributed by atoms with E-state index < -0.39 is 0 Å². The van der Waals surface area contributed by atoms with Gasteiger partial charge in [0.15, 0.2) is 0 Å². The Morgan fingerprint density at radius 2 is 1.70 bits per heavy atom. The van der Waals surface area contributed by atoms with Gasteiger partial charge in [-0.15, -0.1) is 10.2 Å². The van der Waals surface area contributed by atoms with E-state index in [2.05, 4.69) is 10.2 Å². The number of nitriles is 1. The highest BCUT2D eigenvalue weighted by Crippen LogP contribution is 2.31. The van der Waals surface area contributed by atoms with Crippen LogP contribution < -0.4 is 0 Å². The quantitative estimate of drug-likeness (QED) is 0.670. The first-order valence-electron chi connectivity index (χ1n) is 6.52. The van der Waals surface area contributed by atoms with E-state index in [-0.39, 0.29) is 17.2 Å². The molecule has 2 rings (SSSR count). The number of hydrogen-bond donors (Lipinski definition) is 2. The van der Waals surface area contributed by atoms with Gasteiger partial charge < -0.3 is 15.1 Å². The maximum Gasteiger partial charge on any atom is 0.209 e. The van der Waals surface area contributed by atoms with Crippen LogP contribution in [0, 0.1) is 11.3 Å². The SMILES string of the molecule is CN(C)C=O.N#Cc1ccccc1N=Nc1ccc(O)cc1O. The van der Waals surface area contributed by atoms with E-state index in [1.807, 2.05) is 6.07 Å². The second-order valence-electron chi connectivity index (χ2n) is 4.57. The lowest BCUT2D eigenvalue weighted by Gasteiger charge is -1.99. The molecule has 0 fully saturated rings. The molecule has 23 heavy (non-hydrogen) atoms. The standard InChI is InChI=1S/C13H9N3O2.C3H7NO/c14-8-9-3-1-2-4-11(9)15-16-12-6-5-10(17)7-13(12)18;1-4(2)3-5/h1-7,17-18H;3H,1-2H3. The molecular weight excluding hydrogens is 296 g/mol. The topological polar surface area (TPSA) is 109 Å². The normalized spacial score (nSPS) is 9.61. The monoisotopic (exact) mass is 312 g/mol. The smallest absolute Gasteiger partial charge is 0.209 e. The summed E-state index contributed by atoms with van der Waals surface area (Å²) < 4.78 is 0. The van der Waals surface area contributed by atoms with E-state index in [9.17, 15) is 9.90 Å². The number of rotatable bonds is 3. The number of carbonyl (C=O) groups is 1. The Kier molecular flexibility index (Phi) is 6.75. The van der Waals surface area contributed by atoms with Crippen LogP contribution in [0.25, 0.3) is 0 Å². The van der Waals surface area contributed by atoms with E-state index in [0.29, 0.717) is 11.3 Å². The molecule has 0 saturated heterocycles.